The van der Waals surface area contributed by atoms with Crippen LogP contribution in [0.4, 0.5) is 0 Å². The van der Waals surface area contributed by atoms with Crippen molar-refractivity contribution in [1.82, 2.24) is 14.7 Å². The molecular formula is C15H24N4O3. The third kappa shape index (κ3) is 4.07. The maximum atomic E-state index is 11.9. The topological polar surface area (TPSA) is 90.4 Å². The zero-order valence-corrected chi connectivity index (χ0v) is 13.2. The Bertz CT molecular complexity index is 533. The quantitative estimate of drug-likeness (QED) is 0.820. The van der Waals surface area contributed by atoms with Gasteiger partial charge in [0.05, 0.1) is 24.3 Å². The van der Waals surface area contributed by atoms with Gasteiger partial charge in [0.25, 0.3) is 5.91 Å². The Balaban J connectivity index is 1.87. The summed E-state index contributed by atoms with van der Waals surface area (Å²) in [6.07, 6.45) is 4.69. The van der Waals surface area contributed by atoms with Crippen molar-refractivity contribution in [2.45, 2.75) is 25.7 Å². The molecule has 0 aromatic carbocycles. The van der Waals surface area contributed by atoms with Crippen LogP contribution in [0.25, 0.3) is 0 Å². The lowest BCUT2D eigenvalue weighted by Crippen LogP contribution is -2.39. The Kier molecular flexibility index (Phi) is 5.54. The standard InChI is InChI=1S/C15H24N4O3/c1-18-10-12(15(16)21)13(17-18)9-11-3-6-19(7-4-11)14(20)5-8-22-2/h10-11H,3-9H2,1-2H3,(H2,16,21). The minimum atomic E-state index is -0.435. The van der Waals surface area contributed by atoms with Crippen molar-refractivity contribution < 1.29 is 14.3 Å². The van der Waals surface area contributed by atoms with E-state index in [1.807, 2.05) is 4.90 Å². The van der Waals surface area contributed by atoms with Crippen LogP contribution in [0.5, 0.6) is 0 Å². The average Bonchev–Trinajstić information content (AvgIpc) is 2.86. The first-order valence-electron chi connectivity index (χ1n) is 7.60. The lowest BCUT2D eigenvalue weighted by Gasteiger charge is -2.32. The number of ether oxygens (including phenoxy) is 1. The maximum Gasteiger partial charge on any atom is 0.252 e. The van der Waals surface area contributed by atoms with Crippen molar-refractivity contribution in [3.8, 4) is 0 Å². The van der Waals surface area contributed by atoms with Gasteiger partial charge < -0.3 is 15.4 Å². The molecule has 2 heterocycles. The fourth-order valence-corrected chi connectivity index (χ4v) is 2.90. The highest BCUT2D eigenvalue weighted by molar-refractivity contribution is 5.93. The number of carbonyl (C=O) groups excluding carboxylic acids is 2. The Morgan fingerprint density at radius 2 is 2.09 bits per heavy atom. The number of amides is 2. The van der Waals surface area contributed by atoms with Crippen molar-refractivity contribution >= 4 is 11.8 Å². The molecule has 7 heteroatoms. The summed E-state index contributed by atoms with van der Waals surface area (Å²) in [5.74, 6) is 0.144. The fourth-order valence-electron chi connectivity index (χ4n) is 2.90. The molecule has 1 aromatic heterocycles. The van der Waals surface area contributed by atoms with Gasteiger partial charge in [0.2, 0.25) is 5.91 Å². The van der Waals surface area contributed by atoms with Crippen LogP contribution in [0, 0.1) is 5.92 Å². The zero-order chi connectivity index (χ0) is 16.1. The Morgan fingerprint density at radius 3 is 2.68 bits per heavy atom. The number of likely N-dealkylation sites (tertiary alicyclic amines) is 1. The van der Waals surface area contributed by atoms with Crippen molar-refractivity contribution in [2.24, 2.45) is 18.7 Å². The smallest absolute Gasteiger partial charge is 0.252 e. The molecule has 1 aromatic rings. The van der Waals surface area contributed by atoms with Gasteiger partial charge in [-0.3, -0.25) is 14.3 Å². The molecular weight excluding hydrogens is 284 g/mol. The van der Waals surface area contributed by atoms with Crippen LogP contribution in [-0.2, 0) is 23.0 Å². The van der Waals surface area contributed by atoms with Crippen molar-refractivity contribution in [1.29, 1.82) is 0 Å². The molecule has 2 amide bonds. The van der Waals surface area contributed by atoms with E-state index < -0.39 is 5.91 Å². The lowest BCUT2D eigenvalue weighted by atomic mass is 9.91. The van der Waals surface area contributed by atoms with E-state index in [1.54, 1.807) is 25.0 Å². The van der Waals surface area contributed by atoms with E-state index in [0.717, 1.165) is 38.0 Å². The monoisotopic (exact) mass is 308 g/mol. The first-order valence-corrected chi connectivity index (χ1v) is 7.60. The maximum absolute atomic E-state index is 11.9. The number of piperidine rings is 1. The van der Waals surface area contributed by atoms with Gasteiger partial charge in [0.1, 0.15) is 0 Å². The first kappa shape index (κ1) is 16.5. The lowest BCUT2D eigenvalue weighted by molar-refractivity contribution is -0.133. The fraction of sp³-hybridized carbons (Fsp3) is 0.667. The van der Waals surface area contributed by atoms with Gasteiger partial charge in [0.15, 0.2) is 0 Å². The summed E-state index contributed by atoms with van der Waals surface area (Å²) in [5, 5.41) is 4.34. The van der Waals surface area contributed by atoms with Gasteiger partial charge in [-0.05, 0) is 25.2 Å². The van der Waals surface area contributed by atoms with Gasteiger partial charge in [-0.15, -0.1) is 0 Å². The molecule has 1 aliphatic rings. The van der Waals surface area contributed by atoms with E-state index >= 15 is 0 Å². The van der Waals surface area contributed by atoms with E-state index in [2.05, 4.69) is 5.10 Å². The summed E-state index contributed by atoms with van der Waals surface area (Å²) in [7, 11) is 3.38. The molecule has 0 radical (unpaired) electrons. The molecule has 1 aliphatic heterocycles. The highest BCUT2D eigenvalue weighted by Crippen LogP contribution is 2.23. The first-order chi connectivity index (χ1) is 10.5. The third-order valence-corrected chi connectivity index (χ3v) is 4.14. The number of nitrogens with two attached hydrogens (primary N) is 1. The molecule has 0 unspecified atom stereocenters. The third-order valence-electron chi connectivity index (χ3n) is 4.14. The summed E-state index contributed by atoms with van der Waals surface area (Å²) in [6.45, 7) is 1.98. The van der Waals surface area contributed by atoms with Gasteiger partial charge in [-0.1, -0.05) is 0 Å². The Morgan fingerprint density at radius 1 is 1.41 bits per heavy atom. The average molecular weight is 308 g/mol. The molecule has 0 spiro atoms. The molecule has 2 N–H and O–H groups in total. The molecule has 1 saturated heterocycles. The highest BCUT2D eigenvalue weighted by Gasteiger charge is 2.25. The van der Waals surface area contributed by atoms with Crippen LogP contribution >= 0.6 is 0 Å². The van der Waals surface area contributed by atoms with Gasteiger partial charge in [-0.2, -0.15) is 5.10 Å². The molecule has 22 heavy (non-hydrogen) atoms. The minimum Gasteiger partial charge on any atom is -0.384 e. The number of hydrogen-bond acceptors (Lipinski definition) is 4. The second kappa shape index (κ2) is 7.40. The summed E-state index contributed by atoms with van der Waals surface area (Å²) in [4.78, 5) is 25.3. The summed E-state index contributed by atoms with van der Waals surface area (Å²) in [5.41, 5.74) is 6.65. The van der Waals surface area contributed by atoms with Gasteiger partial charge in [-0.25, -0.2) is 0 Å². The van der Waals surface area contributed by atoms with E-state index in [4.69, 9.17) is 10.5 Å². The van der Waals surface area contributed by atoms with Gasteiger partial charge in [0, 0.05) is 33.4 Å². The van der Waals surface area contributed by atoms with Crippen LogP contribution in [0.15, 0.2) is 6.20 Å². The van der Waals surface area contributed by atoms with Crippen LogP contribution in [0.1, 0.15) is 35.3 Å². The zero-order valence-electron chi connectivity index (χ0n) is 13.2. The number of hydrogen-bond donors (Lipinski definition) is 1. The predicted octanol–water partition coefficient (Wildman–Crippen LogP) is 0.337. The SMILES string of the molecule is COCCC(=O)N1CCC(Cc2nn(C)cc2C(N)=O)CC1. The normalized spacial score (nSPS) is 16.0. The Hall–Kier alpha value is -1.89. The molecule has 1 fully saturated rings. The molecule has 0 saturated carbocycles. The largest absolute Gasteiger partial charge is 0.384 e. The summed E-state index contributed by atoms with van der Waals surface area (Å²) < 4.78 is 6.56. The summed E-state index contributed by atoms with van der Waals surface area (Å²) in [6, 6.07) is 0. The molecule has 2 rings (SSSR count). The minimum absolute atomic E-state index is 0.149. The number of nitrogens with zero attached hydrogens (tertiary/aromatic N) is 3. The second-order valence-corrected chi connectivity index (χ2v) is 5.80. The van der Waals surface area contributed by atoms with Crippen LogP contribution in [0.2, 0.25) is 0 Å². The van der Waals surface area contributed by atoms with E-state index in [-0.39, 0.29) is 5.91 Å². The number of rotatable bonds is 6. The number of aryl methyl sites for hydroxylation is 1. The molecule has 122 valence electrons. The molecule has 0 atom stereocenters. The molecule has 0 aliphatic carbocycles. The van der Waals surface area contributed by atoms with E-state index in [9.17, 15) is 9.59 Å². The number of carbonyl (C=O) groups is 2. The highest BCUT2D eigenvalue weighted by atomic mass is 16.5. The Labute approximate surface area is 130 Å². The van der Waals surface area contributed by atoms with E-state index in [1.165, 1.54) is 0 Å². The van der Waals surface area contributed by atoms with Crippen LogP contribution in [-0.4, -0.2) is 53.3 Å². The van der Waals surface area contributed by atoms with Gasteiger partial charge >= 0.3 is 0 Å². The van der Waals surface area contributed by atoms with E-state index in [0.29, 0.717) is 24.5 Å². The summed E-state index contributed by atoms with van der Waals surface area (Å²) >= 11 is 0. The molecule has 0 bridgehead atoms. The van der Waals surface area contributed by atoms with Crippen LogP contribution in [0.3, 0.4) is 0 Å². The molecule has 7 nitrogen and oxygen atoms in total. The second-order valence-electron chi connectivity index (χ2n) is 5.80. The number of primary amides is 1. The van der Waals surface area contributed by atoms with Crippen molar-refractivity contribution in [3.63, 3.8) is 0 Å². The number of aromatic nitrogens is 2. The van der Waals surface area contributed by atoms with Crippen molar-refractivity contribution in [3.05, 3.63) is 17.5 Å². The predicted molar refractivity (Wildman–Crippen MR) is 81.2 cm³/mol. The number of methoxy groups -OCH3 is 1. The van der Waals surface area contributed by atoms with Crippen molar-refractivity contribution in [2.75, 3.05) is 26.8 Å². The van der Waals surface area contributed by atoms with Crippen LogP contribution < -0.4 is 5.73 Å².